The summed E-state index contributed by atoms with van der Waals surface area (Å²) in [6.45, 7) is 2.26. The molecule has 1 atom stereocenters. The van der Waals surface area contributed by atoms with E-state index in [1.807, 2.05) is 31.2 Å². The molecule has 1 fully saturated rings. The third kappa shape index (κ3) is 3.77. The quantitative estimate of drug-likeness (QED) is 0.907. The lowest BCUT2D eigenvalue weighted by atomic mass is 10.1. The number of anilines is 2. The van der Waals surface area contributed by atoms with Crippen LogP contribution in [0.25, 0.3) is 0 Å². The molecule has 0 spiro atoms. The molecule has 0 aliphatic carbocycles. The second-order valence-corrected chi connectivity index (χ2v) is 6.52. The highest BCUT2D eigenvalue weighted by atomic mass is 35.5. The number of rotatable bonds is 4. The summed E-state index contributed by atoms with van der Waals surface area (Å²) in [7, 11) is 1.54. The fraction of sp³-hybridized carbons (Fsp3) is 0.263. The van der Waals surface area contributed by atoms with E-state index in [4.69, 9.17) is 16.3 Å². The molecule has 2 aromatic rings. The van der Waals surface area contributed by atoms with Crippen LogP contribution >= 0.6 is 11.6 Å². The third-order valence-electron chi connectivity index (χ3n) is 4.21. The van der Waals surface area contributed by atoms with Crippen LogP contribution in [0.3, 0.4) is 0 Å². The van der Waals surface area contributed by atoms with Crippen molar-refractivity contribution < 1.29 is 14.3 Å². The summed E-state index contributed by atoms with van der Waals surface area (Å²) in [5.74, 6) is -0.151. The molecule has 0 aromatic heterocycles. The van der Waals surface area contributed by atoms with E-state index < -0.39 is 5.92 Å². The van der Waals surface area contributed by atoms with Crippen LogP contribution in [0.2, 0.25) is 5.02 Å². The molecule has 1 aliphatic heterocycles. The van der Waals surface area contributed by atoms with Crippen LogP contribution in [0, 0.1) is 12.8 Å². The summed E-state index contributed by atoms with van der Waals surface area (Å²) < 4.78 is 5.31. The van der Waals surface area contributed by atoms with Gasteiger partial charge in [-0.1, -0.05) is 23.7 Å². The topological polar surface area (TPSA) is 58.6 Å². The zero-order valence-corrected chi connectivity index (χ0v) is 14.8. The van der Waals surface area contributed by atoms with Gasteiger partial charge in [-0.2, -0.15) is 0 Å². The van der Waals surface area contributed by atoms with Crippen LogP contribution in [0.5, 0.6) is 5.75 Å². The Morgan fingerprint density at radius 3 is 2.80 bits per heavy atom. The van der Waals surface area contributed by atoms with Crippen LogP contribution in [0.4, 0.5) is 11.4 Å². The first kappa shape index (κ1) is 17.3. The van der Waals surface area contributed by atoms with Crippen molar-refractivity contribution in [3.05, 3.63) is 53.1 Å². The van der Waals surface area contributed by atoms with E-state index in [1.54, 1.807) is 23.1 Å². The van der Waals surface area contributed by atoms with Crippen molar-refractivity contribution in [2.75, 3.05) is 23.9 Å². The van der Waals surface area contributed by atoms with Gasteiger partial charge in [0.15, 0.2) is 0 Å². The van der Waals surface area contributed by atoms with Crippen LogP contribution in [0.15, 0.2) is 42.5 Å². The molecule has 5 nitrogen and oxygen atoms in total. The molecule has 3 rings (SSSR count). The zero-order valence-electron chi connectivity index (χ0n) is 14.1. The number of aryl methyl sites for hydroxylation is 1. The maximum atomic E-state index is 12.5. The van der Waals surface area contributed by atoms with Gasteiger partial charge in [-0.25, -0.2) is 0 Å². The van der Waals surface area contributed by atoms with Crippen molar-refractivity contribution in [3.8, 4) is 5.75 Å². The molecule has 2 aromatic carbocycles. The van der Waals surface area contributed by atoms with Gasteiger partial charge in [0.1, 0.15) is 5.75 Å². The fourth-order valence-corrected chi connectivity index (χ4v) is 3.12. The Morgan fingerprint density at radius 1 is 1.28 bits per heavy atom. The maximum absolute atomic E-state index is 12.5. The molecule has 1 aliphatic rings. The van der Waals surface area contributed by atoms with Gasteiger partial charge in [0.2, 0.25) is 11.8 Å². The second-order valence-electron chi connectivity index (χ2n) is 6.08. The summed E-state index contributed by atoms with van der Waals surface area (Å²) >= 11 is 6.05. The number of amides is 2. The number of ether oxygens (including phenoxy) is 1. The fourth-order valence-electron chi connectivity index (χ4n) is 2.96. The molecule has 0 radical (unpaired) electrons. The lowest BCUT2D eigenvalue weighted by molar-refractivity contribution is -0.122. The number of carbonyl (C=O) groups excluding carboxylic acids is 2. The van der Waals surface area contributed by atoms with E-state index in [2.05, 4.69) is 5.32 Å². The Labute approximate surface area is 151 Å². The van der Waals surface area contributed by atoms with Crippen molar-refractivity contribution in [3.63, 3.8) is 0 Å². The molecule has 1 heterocycles. The van der Waals surface area contributed by atoms with Gasteiger partial charge in [0, 0.05) is 23.7 Å². The number of hydrogen-bond acceptors (Lipinski definition) is 3. The van der Waals surface area contributed by atoms with E-state index in [0.717, 1.165) is 11.3 Å². The minimum atomic E-state index is -0.420. The molecule has 6 heteroatoms. The normalized spacial score (nSPS) is 16.8. The SMILES string of the molecule is COc1ccc(Cl)cc1N1C[C@@H](C(=O)Nc2cccc(C)c2)CC1=O. The minimum absolute atomic E-state index is 0.120. The maximum Gasteiger partial charge on any atom is 0.229 e. The average molecular weight is 359 g/mol. The smallest absolute Gasteiger partial charge is 0.229 e. The molecule has 25 heavy (non-hydrogen) atoms. The largest absolute Gasteiger partial charge is 0.495 e. The monoisotopic (exact) mass is 358 g/mol. The van der Waals surface area contributed by atoms with Gasteiger partial charge in [-0.3, -0.25) is 9.59 Å². The molecular formula is C19H19ClN2O3. The Morgan fingerprint density at radius 2 is 2.08 bits per heavy atom. The van der Waals surface area contributed by atoms with Gasteiger partial charge < -0.3 is 15.0 Å². The zero-order chi connectivity index (χ0) is 18.0. The third-order valence-corrected chi connectivity index (χ3v) is 4.45. The predicted molar refractivity (Wildman–Crippen MR) is 98.3 cm³/mol. The summed E-state index contributed by atoms with van der Waals surface area (Å²) in [4.78, 5) is 26.5. The molecule has 0 saturated carbocycles. The van der Waals surface area contributed by atoms with Crippen molar-refractivity contribution in [1.29, 1.82) is 0 Å². The number of benzene rings is 2. The molecular weight excluding hydrogens is 340 g/mol. The van der Waals surface area contributed by atoms with Crippen LogP contribution in [-0.4, -0.2) is 25.5 Å². The number of nitrogens with zero attached hydrogens (tertiary/aromatic N) is 1. The first-order valence-electron chi connectivity index (χ1n) is 7.99. The van der Waals surface area contributed by atoms with Crippen LogP contribution < -0.4 is 15.0 Å². The minimum Gasteiger partial charge on any atom is -0.495 e. The van der Waals surface area contributed by atoms with E-state index >= 15 is 0 Å². The van der Waals surface area contributed by atoms with E-state index in [0.29, 0.717) is 23.0 Å². The number of nitrogens with one attached hydrogen (secondary N) is 1. The second kappa shape index (κ2) is 7.15. The highest BCUT2D eigenvalue weighted by Gasteiger charge is 2.36. The first-order valence-corrected chi connectivity index (χ1v) is 8.37. The molecule has 1 N–H and O–H groups in total. The Bertz CT molecular complexity index is 822. The summed E-state index contributed by atoms with van der Waals surface area (Å²) in [5, 5.41) is 3.39. The van der Waals surface area contributed by atoms with Gasteiger partial charge in [0.25, 0.3) is 0 Å². The molecule has 1 saturated heterocycles. The Hall–Kier alpha value is -2.53. The van der Waals surface area contributed by atoms with E-state index in [-0.39, 0.29) is 18.2 Å². The van der Waals surface area contributed by atoms with Crippen LogP contribution in [0.1, 0.15) is 12.0 Å². The highest BCUT2D eigenvalue weighted by molar-refractivity contribution is 6.31. The summed E-state index contributed by atoms with van der Waals surface area (Å²) in [5.41, 5.74) is 2.38. The molecule has 2 amide bonds. The molecule has 130 valence electrons. The van der Waals surface area contributed by atoms with Crippen molar-refractivity contribution in [2.45, 2.75) is 13.3 Å². The van der Waals surface area contributed by atoms with Gasteiger partial charge in [-0.05, 0) is 42.8 Å². The average Bonchev–Trinajstić information content (AvgIpc) is 2.96. The lowest BCUT2D eigenvalue weighted by Gasteiger charge is -2.20. The highest BCUT2D eigenvalue weighted by Crippen LogP contribution is 2.35. The predicted octanol–water partition coefficient (Wildman–Crippen LogP) is 3.65. The van der Waals surface area contributed by atoms with Gasteiger partial charge >= 0.3 is 0 Å². The van der Waals surface area contributed by atoms with Crippen LogP contribution in [-0.2, 0) is 9.59 Å². The van der Waals surface area contributed by atoms with E-state index in [9.17, 15) is 9.59 Å². The number of halogens is 1. The summed E-state index contributed by atoms with van der Waals surface area (Å²) in [6, 6.07) is 12.7. The van der Waals surface area contributed by atoms with Crippen molar-refractivity contribution in [1.82, 2.24) is 0 Å². The number of carbonyl (C=O) groups is 2. The standard InChI is InChI=1S/C19H19ClN2O3/c1-12-4-3-5-15(8-12)21-19(24)13-9-18(23)22(11-13)16-10-14(20)6-7-17(16)25-2/h3-8,10,13H,9,11H2,1-2H3,(H,21,24)/t13-/m0/s1. The number of hydrogen-bond donors (Lipinski definition) is 1. The van der Waals surface area contributed by atoms with Gasteiger partial charge in [0.05, 0.1) is 18.7 Å². The van der Waals surface area contributed by atoms with Crippen molar-refractivity contribution >= 4 is 34.8 Å². The summed E-state index contributed by atoms with van der Waals surface area (Å²) in [6.07, 6.45) is 0.160. The van der Waals surface area contributed by atoms with E-state index in [1.165, 1.54) is 7.11 Å². The van der Waals surface area contributed by atoms with Crippen molar-refractivity contribution in [2.24, 2.45) is 5.92 Å². The lowest BCUT2D eigenvalue weighted by Crippen LogP contribution is -2.28. The molecule has 0 unspecified atom stereocenters. The number of methoxy groups -OCH3 is 1. The molecule has 0 bridgehead atoms. The Kier molecular flexibility index (Phi) is 4.95. The Balaban J connectivity index is 1.76. The van der Waals surface area contributed by atoms with Gasteiger partial charge in [-0.15, -0.1) is 0 Å². The first-order chi connectivity index (χ1) is 12.0.